The lowest BCUT2D eigenvalue weighted by atomic mass is 10.0. The molecule has 0 fully saturated rings. The van der Waals surface area contributed by atoms with Crippen molar-refractivity contribution in [1.29, 1.82) is 0 Å². The number of nitrogens with one attached hydrogen (secondary N) is 1. The maximum atomic E-state index is 4.54. The molecule has 0 unspecified atom stereocenters. The Balaban J connectivity index is 1.71. The number of H-pyrrole nitrogens is 1. The van der Waals surface area contributed by atoms with Crippen LogP contribution in [0.2, 0.25) is 0 Å². The highest BCUT2D eigenvalue weighted by atomic mass is 15.3. The molecule has 5 aromatic rings. The Morgan fingerprint density at radius 2 is 1.96 bits per heavy atom. The molecule has 0 spiro atoms. The van der Waals surface area contributed by atoms with E-state index in [0.29, 0.717) is 0 Å². The van der Waals surface area contributed by atoms with Crippen LogP contribution in [-0.4, -0.2) is 29.5 Å². The molecule has 0 aliphatic carbocycles. The van der Waals surface area contributed by atoms with Crippen molar-refractivity contribution in [3.8, 4) is 22.3 Å². The van der Waals surface area contributed by atoms with Crippen molar-refractivity contribution in [2.24, 2.45) is 0 Å². The van der Waals surface area contributed by atoms with Gasteiger partial charge < -0.3 is 4.98 Å². The van der Waals surface area contributed by atoms with Gasteiger partial charge in [-0.2, -0.15) is 5.10 Å². The van der Waals surface area contributed by atoms with Gasteiger partial charge in [-0.3, -0.25) is 4.98 Å². The van der Waals surface area contributed by atoms with Crippen LogP contribution in [0.1, 0.15) is 0 Å². The van der Waals surface area contributed by atoms with E-state index in [2.05, 4.69) is 31.1 Å². The molecule has 5 rings (SSSR count). The predicted octanol–water partition coefficient (Wildman–Crippen LogP) is 3.33. The van der Waals surface area contributed by atoms with Crippen LogP contribution in [0.3, 0.4) is 0 Å². The molecule has 0 radical (unpaired) electrons. The molecule has 0 aliphatic rings. The Bertz CT molecular complexity index is 1160. The summed E-state index contributed by atoms with van der Waals surface area (Å²) in [4.78, 5) is 16.1. The highest BCUT2D eigenvalue weighted by Crippen LogP contribution is 2.30. The maximum absolute atomic E-state index is 4.54. The molecule has 0 bridgehead atoms. The van der Waals surface area contributed by atoms with Crippen LogP contribution in [0.15, 0.2) is 67.6 Å². The first-order valence-electron chi connectivity index (χ1n) is 7.56. The van der Waals surface area contributed by atoms with E-state index in [9.17, 15) is 0 Å². The summed E-state index contributed by atoms with van der Waals surface area (Å²) in [7, 11) is 0. The van der Waals surface area contributed by atoms with Crippen molar-refractivity contribution in [3.63, 3.8) is 0 Å². The molecule has 0 atom stereocenters. The van der Waals surface area contributed by atoms with Crippen molar-refractivity contribution in [2.45, 2.75) is 0 Å². The lowest BCUT2D eigenvalue weighted by molar-refractivity contribution is 0.963. The lowest BCUT2D eigenvalue weighted by Crippen LogP contribution is -1.88. The number of rotatable bonds is 2. The van der Waals surface area contributed by atoms with Crippen molar-refractivity contribution in [1.82, 2.24) is 29.5 Å². The van der Waals surface area contributed by atoms with Gasteiger partial charge in [0.15, 0.2) is 5.65 Å². The molecular formula is C18H12N6. The van der Waals surface area contributed by atoms with Crippen molar-refractivity contribution < 1.29 is 0 Å². The monoisotopic (exact) mass is 312 g/mol. The molecule has 114 valence electrons. The van der Waals surface area contributed by atoms with E-state index in [1.807, 2.05) is 49.1 Å². The Hall–Kier alpha value is -3.54. The van der Waals surface area contributed by atoms with E-state index in [1.165, 1.54) is 0 Å². The van der Waals surface area contributed by atoms with Gasteiger partial charge in [0.2, 0.25) is 0 Å². The number of aromatic amines is 1. The average Bonchev–Trinajstić information content (AvgIpc) is 3.27. The Kier molecular flexibility index (Phi) is 2.69. The van der Waals surface area contributed by atoms with Gasteiger partial charge in [-0.05, 0) is 24.3 Å². The number of aromatic nitrogens is 6. The molecule has 0 aliphatic heterocycles. The summed E-state index contributed by atoms with van der Waals surface area (Å²) in [6.07, 6.45) is 11.0. The first-order chi connectivity index (χ1) is 11.9. The molecule has 0 amide bonds. The van der Waals surface area contributed by atoms with E-state index in [1.54, 1.807) is 17.0 Å². The highest BCUT2D eigenvalue weighted by molar-refractivity contribution is 5.95. The van der Waals surface area contributed by atoms with Gasteiger partial charge in [0.25, 0.3) is 0 Å². The molecule has 6 nitrogen and oxygen atoms in total. The lowest BCUT2D eigenvalue weighted by Gasteiger charge is -2.03. The quantitative estimate of drug-likeness (QED) is 0.542. The second kappa shape index (κ2) is 4.99. The minimum absolute atomic E-state index is 0.827. The SMILES string of the molecule is c1cncc(-c2cnc3[nH]cc(-c4ccc5ncnn5c4)c3c2)c1. The normalized spacial score (nSPS) is 11.3. The van der Waals surface area contributed by atoms with E-state index < -0.39 is 0 Å². The second-order valence-corrected chi connectivity index (χ2v) is 5.54. The summed E-state index contributed by atoms with van der Waals surface area (Å²) in [6, 6.07) is 10.1. The predicted molar refractivity (Wildman–Crippen MR) is 91.3 cm³/mol. The molecule has 24 heavy (non-hydrogen) atoms. The molecule has 0 aromatic carbocycles. The molecule has 6 heteroatoms. The fourth-order valence-corrected chi connectivity index (χ4v) is 2.91. The van der Waals surface area contributed by atoms with Crippen LogP contribution >= 0.6 is 0 Å². The molecule has 5 aromatic heterocycles. The Labute approximate surface area is 136 Å². The van der Waals surface area contributed by atoms with Crippen LogP contribution in [-0.2, 0) is 0 Å². The zero-order valence-electron chi connectivity index (χ0n) is 12.6. The summed E-state index contributed by atoms with van der Waals surface area (Å²) in [5, 5.41) is 5.27. The summed E-state index contributed by atoms with van der Waals surface area (Å²) >= 11 is 0. The van der Waals surface area contributed by atoms with Crippen LogP contribution in [0.4, 0.5) is 0 Å². The first-order valence-corrected chi connectivity index (χ1v) is 7.56. The van der Waals surface area contributed by atoms with E-state index in [-0.39, 0.29) is 0 Å². The fourth-order valence-electron chi connectivity index (χ4n) is 2.91. The van der Waals surface area contributed by atoms with Gasteiger partial charge in [-0.15, -0.1) is 0 Å². The number of fused-ring (bicyclic) bond motifs is 2. The highest BCUT2D eigenvalue weighted by Gasteiger charge is 2.10. The van der Waals surface area contributed by atoms with Crippen molar-refractivity contribution in [2.75, 3.05) is 0 Å². The fraction of sp³-hybridized carbons (Fsp3) is 0. The van der Waals surface area contributed by atoms with Gasteiger partial charge in [-0.1, -0.05) is 6.07 Å². The zero-order chi connectivity index (χ0) is 15.9. The van der Waals surface area contributed by atoms with Gasteiger partial charge in [0.1, 0.15) is 12.0 Å². The van der Waals surface area contributed by atoms with Gasteiger partial charge in [0.05, 0.1) is 0 Å². The summed E-state index contributed by atoms with van der Waals surface area (Å²) in [5.41, 5.74) is 5.91. The minimum atomic E-state index is 0.827. The molecule has 0 saturated carbocycles. The topological polar surface area (TPSA) is 71.8 Å². The second-order valence-electron chi connectivity index (χ2n) is 5.54. The third kappa shape index (κ3) is 1.97. The van der Waals surface area contributed by atoms with Crippen molar-refractivity contribution in [3.05, 3.63) is 67.6 Å². The number of pyridine rings is 3. The van der Waals surface area contributed by atoms with Crippen LogP contribution in [0.5, 0.6) is 0 Å². The van der Waals surface area contributed by atoms with E-state index in [4.69, 9.17) is 0 Å². The summed E-state index contributed by atoms with van der Waals surface area (Å²) < 4.78 is 1.77. The van der Waals surface area contributed by atoms with Crippen molar-refractivity contribution >= 4 is 16.7 Å². The maximum Gasteiger partial charge on any atom is 0.155 e. The number of nitrogens with zero attached hydrogens (tertiary/aromatic N) is 5. The molecular weight excluding hydrogens is 300 g/mol. The van der Waals surface area contributed by atoms with Crippen LogP contribution in [0, 0.1) is 0 Å². The van der Waals surface area contributed by atoms with Gasteiger partial charge in [-0.25, -0.2) is 14.5 Å². The smallest absolute Gasteiger partial charge is 0.155 e. The number of hydrogen-bond acceptors (Lipinski definition) is 4. The molecule has 5 heterocycles. The zero-order valence-corrected chi connectivity index (χ0v) is 12.6. The minimum Gasteiger partial charge on any atom is -0.346 e. The van der Waals surface area contributed by atoms with Gasteiger partial charge >= 0.3 is 0 Å². The van der Waals surface area contributed by atoms with E-state index in [0.717, 1.165) is 38.9 Å². The first kappa shape index (κ1) is 13.0. The third-order valence-electron chi connectivity index (χ3n) is 4.11. The standard InChI is InChI=1S/C18H12N6/c1-2-12(7-19-5-1)14-6-15-16(9-21-18(15)20-8-14)13-3-4-17-22-11-23-24(17)10-13/h1-11H,(H,20,21). The molecule has 1 N–H and O–H groups in total. The van der Waals surface area contributed by atoms with Crippen LogP contribution in [0.25, 0.3) is 38.9 Å². The molecule has 0 saturated heterocycles. The summed E-state index contributed by atoms with van der Waals surface area (Å²) in [5.74, 6) is 0. The average molecular weight is 312 g/mol. The number of hydrogen-bond donors (Lipinski definition) is 1. The Morgan fingerprint density at radius 3 is 2.88 bits per heavy atom. The third-order valence-corrected chi connectivity index (χ3v) is 4.11. The summed E-state index contributed by atoms with van der Waals surface area (Å²) in [6.45, 7) is 0. The Morgan fingerprint density at radius 1 is 0.958 bits per heavy atom. The van der Waals surface area contributed by atoms with E-state index >= 15 is 0 Å². The largest absolute Gasteiger partial charge is 0.346 e. The van der Waals surface area contributed by atoms with Crippen LogP contribution < -0.4 is 0 Å². The van der Waals surface area contributed by atoms with Gasteiger partial charge in [0, 0.05) is 58.6 Å².